The minimum absolute atomic E-state index is 0.0448. The molecule has 88 valence electrons. The van der Waals surface area contributed by atoms with Gasteiger partial charge < -0.3 is 5.32 Å². The molecule has 1 unspecified atom stereocenters. The van der Waals surface area contributed by atoms with Gasteiger partial charge in [0.1, 0.15) is 5.82 Å². The van der Waals surface area contributed by atoms with Crippen molar-refractivity contribution in [1.82, 2.24) is 5.32 Å². The molecule has 1 saturated heterocycles. The Morgan fingerprint density at radius 2 is 2.00 bits per heavy atom. The van der Waals surface area contributed by atoms with Crippen LogP contribution in [0.4, 0.5) is 4.39 Å². The Balaban J connectivity index is 2.18. The van der Waals surface area contributed by atoms with Crippen molar-refractivity contribution in [3.05, 3.63) is 35.1 Å². The molecule has 0 amide bonds. The summed E-state index contributed by atoms with van der Waals surface area (Å²) in [6.45, 7) is 6.33. The number of rotatable bonds is 2. The molecular weight excluding hydrogens is 201 g/mol. The molecule has 1 heterocycles. The van der Waals surface area contributed by atoms with Crippen molar-refractivity contribution in [3.63, 3.8) is 0 Å². The monoisotopic (exact) mass is 221 g/mol. The van der Waals surface area contributed by atoms with Gasteiger partial charge in [-0.15, -0.1) is 0 Å². The third-order valence-electron chi connectivity index (χ3n) is 3.73. The van der Waals surface area contributed by atoms with E-state index < -0.39 is 0 Å². The lowest BCUT2D eigenvalue weighted by atomic mass is 9.81. The van der Waals surface area contributed by atoms with E-state index in [1.54, 1.807) is 6.07 Å². The lowest BCUT2D eigenvalue weighted by Gasteiger charge is -2.28. The number of benzene rings is 1. The van der Waals surface area contributed by atoms with Crippen LogP contribution in [0.5, 0.6) is 0 Å². The zero-order valence-corrected chi connectivity index (χ0v) is 10.1. The van der Waals surface area contributed by atoms with Gasteiger partial charge in [0.25, 0.3) is 0 Å². The van der Waals surface area contributed by atoms with Gasteiger partial charge in [-0.2, -0.15) is 0 Å². The van der Waals surface area contributed by atoms with E-state index in [1.165, 1.54) is 0 Å². The summed E-state index contributed by atoms with van der Waals surface area (Å²) in [5, 5.41) is 3.35. The Morgan fingerprint density at radius 1 is 1.31 bits per heavy atom. The van der Waals surface area contributed by atoms with Gasteiger partial charge in [0, 0.05) is 0 Å². The Morgan fingerprint density at radius 3 is 2.69 bits per heavy atom. The molecule has 0 saturated carbocycles. The summed E-state index contributed by atoms with van der Waals surface area (Å²) in [6.07, 6.45) is 2.32. The third kappa shape index (κ3) is 2.43. The predicted octanol–water partition coefficient (Wildman–Crippen LogP) is 3.24. The topological polar surface area (TPSA) is 12.0 Å². The van der Waals surface area contributed by atoms with Gasteiger partial charge in [0.05, 0.1) is 0 Å². The molecule has 1 aliphatic heterocycles. The Kier molecular flexibility index (Phi) is 3.59. The van der Waals surface area contributed by atoms with E-state index in [-0.39, 0.29) is 5.82 Å². The van der Waals surface area contributed by atoms with Crippen LogP contribution in [-0.4, -0.2) is 13.1 Å². The van der Waals surface area contributed by atoms with Crippen LogP contribution in [0.2, 0.25) is 0 Å². The average Bonchev–Trinajstić information content (AvgIpc) is 2.32. The van der Waals surface area contributed by atoms with Gasteiger partial charge in [-0.05, 0) is 56.3 Å². The minimum Gasteiger partial charge on any atom is -0.317 e. The first-order valence-corrected chi connectivity index (χ1v) is 6.15. The van der Waals surface area contributed by atoms with Gasteiger partial charge in [0.15, 0.2) is 0 Å². The molecule has 1 nitrogen and oxygen atoms in total. The molecule has 0 spiro atoms. The SMILES string of the molecule is Cc1ccc(F)c(C(C)C2CCNCC2)c1. The van der Waals surface area contributed by atoms with E-state index >= 15 is 0 Å². The highest BCUT2D eigenvalue weighted by atomic mass is 19.1. The minimum atomic E-state index is -0.0448. The Bertz CT molecular complexity index is 356. The van der Waals surface area contributed by atoms with E-state index in [0.717, 1.165) is 37.1 Å². The molecule has 16 heavy (non-hydrogen) atoms. The van der Waals surface area contributed by atoms with Crippen LogP contribution in [0.15, 0.2) is 18.2 Å². The molecule has 1 N–H and O–H groups in total. The Labute approximate surface area is 97.1 Å². The molecule has 2 rings (SSSR count). The number of nitrogens with one attached hydrogen (secondary N) is 1. The molecule has 2 heteroatoms. The summed E-state index contributed by atoms with van der Waals surface area (Å²) in [5.41, 5.74) is 2.05. The second-order valence-electron chi connectivity index (χ2n) is 4.90. The summed E-state index contributed by atoms with van der Waals surface area (Å²) in [6, 6.07) is 5.44. The van der Waals surface area contributed by atoms with Crippen LogP contribution in [0.3, 0.4) is 0 Å². The van der Waals surface area contributed by atoms with Crippen LogP contribution in [0.1, 0.15) is 36.8 Å². The van der Waals surface area contributed by atoms with Crippen LogP contribution in [0.25, 0.3) is 0 Å². The number of halogens is 1. The highest BCUT2D eigenvalue weighted by molar-refractivity contribution is 5.27. The fourth-order valence-corrected chi connectivity index (χ4v) is 2.61. The molecule has 1 fully saturated rings. The first kappa shape index (κ1) is 11.6. The number of piperidine rings is 1. The van der Waals surface area contributed by atoms with Gasteiger partial charge >= 0.3 is 0 Å². The highest BCUT2D eigenvalue weighted by Gasteiger charge is 2.23. The largest absolute Gasteiger partial charge is 0.317 e. The van der Waals surface area contributed by atoms with Crippen molar-refractivity contribution in [2.45, 2.75) is 32.6 Å². The van der Waals surface area contributed by atoms with Gasteiger partial charge in [-0.3, -0.25) is 0 Å². The summed E-state index contributed by atoms with van der Waals surface area (Å²) in [4.78, 5) is 0. The van der Waals surface area contributed by atoms with Crippen molar-refractivity contribution in [2.24, 2.45) is 5.92 Å². The first-order chi connectivity index (χ1) is 7.68. The Hall–Kier alpha value is -0.890. The van der Waals surface area contributed by atoms with E-state index in [1.807, 2.05) is 19.1 Å². The average molecular weight is 221 g/mol. The molecule has 1 atom stereocenters. The highest BCUT2D eigenvalue weighted by Crippen LogP contribution is 2.32. The van der Waals surface area contributed by atoms with Gasteiger partial charge in [-0.1, -0.05) is 24.6 Å². The van der Waals surface area contributed by atoms with Crippen molar-refractivity contribution < 1.29 is 4.39 Å². The molecule has 1 aromatic rings. The molecule has 0 aliphatic carbocycles. The van der Waals surface area contributed by atoms with E-state index in [4.69, 9.17) is 0 Å². The maximum Gasteiger partial charge on any atom is 0.126 e. The number of hydrogen-bond acceptors (Lipinski definition) is 1. The lowest BCUT2D eigenvalue weighted by Crippen LogP contribution is -2.30. The lowest BCUT2D eigenvalue weighted by molar-refractivity contribution is 0.325. The summed E-state index contributed by atoms with van der Waals surface area (Å²) >= 11 is 0. The second-order valence-corrected chi connectivity index (χ2v) is 4.90. The summed E-state index contributed by atoms with van der Waals surface area (Å²) in [5.74, 6) is 0.913. The quantitative estimate of drug-likeness (QED) is 0.808. The van der Waals surface area contributed by atoms with E-state index in [9.17, 15) is 4.39 Å². The molecule has 0 radical (unpaired) electrons. The normalized spacial score (nSPS) is 19.7. The number of aryl methyl sites for hydroxylation is 1. The van der Waals surface area contributed by atoms with E-state index in [2.05, 4.69) is 12.2 Å². The van der Waals surface area contributed by atoms with Crippen molar-refractivity contribution in [2.75, 3.05) is 13.1 Å². The van der Waals surface area contributed by atoms with Crippen molar-refractivity contribution in [3.8, 4) is 0 Å². The number of hydrogen-bond donors (Lipinski definition) is 1. The van der Waals surface area contributed by atoms with Crippen molar-refractivity contribution >= 4 is 0 Å². The molecular formula is C14H20FN. The molecule has 0 bridgehead atoms. The van der Waals surface area contributed by atoms with Crippen molar-refractivity contribution in [1.29, 1.82) is 0 Å². The van der Waals surface area contributed by atoms with Gasteiger partial charge in [-0.25, -0.2) is 4.39 Å². The van der Waals surface area contributed by atoms with Crippen LogP contribution < -0.4 is 5.32 Å². The zero-order valence-electron chi connectivity index (χ0n) is 10.1. The fourth-order valence-electron chi connectivity index (χ4n) is 2.61. The standard InChI is InChI=1S/C14H20FN/c1-10-3-4-14(15)13(9-10)11(2)12-5-7-16-8-6-12/h3-4,9,11-12,16H,5-8H2,1-2H3. The van der Waals surface area contributed by atoms with Gasteiger partial charge in [0.2, 0.25) is 0 Å². The second kappa shape index (κ2) is 4.96. The molecule has 0 aromatic heterocycles. The summed E-state index contributed by atoms with van der Waals surface area (Å²) in [7, 11) is 0. The van der Waals surface area contributed by atoms with Crippen LogP contribution >= 0.6 is 0 Å². The third-order valence-corrected chi connectivity index (χ3v) is 3.73. The van der Waals surface area contributed by atoms with Crippen LogP contribution in [-0.2, 0) is 0 Å². The smallest absolute Gasteiger partial charge is 0.126 e. The molecule has 1 aliphatic rings. The summed E-state index contributed by atoms with van der Waals surface area (Å²) < 4.78 is 13.8. The maximum absolute atomic E-state index is 13.8. The maximum atomic E-state index is 13.8. The molecule has 1 aromatic carbocycles. The predicted molar refractivity (Wildman–Crippen MR) is 65.1 cm³/mol. The first-order valence-electron chi connectivity index (χ1n) is 6.15. The van der Waals surface area contributed by atoms with Crippen LogP contribution in [0, 0.1) is 18.7 Å². The fraction of sp³-hybridized carbons (Fsp3) is 0.571. The zero-order chi connectivity index (χ0) is 11.5. The van der Waals surface area contributed by atoms with E-state index in [0.29, 0.717) is 11.8 Å².